The molecule has 0 saturated carbocycles. The fourth-order valence-corrected chi connectivity index (χ4v) is 3.84. The monoisotopic (exact) mass is 447 g/mol. The molecule has 1 amide bonds. The second kappa shape index (κ2) is 10.6. The quantitative estimate of drug-likeness (QED) is 0.445. The number of guanidine groups is 1. The van der Waals surface area contributed by atoms with Crippen LogP contribution in [0.25, 0.3) is 0 Å². The maximum Gasteiger partial charge on any atom is 0.291 e. The Morgan fingerprint density at radius 3 is 2.52 bits per heavy atom. The SMILES string of the molecule is CN=C(NCc1cccc(NC(=O)c2ccco2)c1)N1CCN(c2ccc(OC)cc2)CC1. The molecule has 8 heteroatoms. The first kappa shape index (κ1) is 22.3. The summed E-state index contributed by atoms with van der Waals surface area (Å²) in [6.45, 7) is 4.20. The van der Waals surface area contributed by atoms with Crippen molar-refractivity contribution >= 4 is 23.2 Å². The van der Waals surface area contributed by atoms with Crippen LogP contribution in [0.4, 0.5) is 11.4 Å². The van der Waals surface area contributed by atoms with Crippen LogP contribution in [0.5, 0.6) is 5.75 Å². The van der Waals surface area contributed by atoms with Gasteiger partial charge in [-0.15, -0.1) is 0 Å². The summed E-state index contributed by atoms with van der Waals surface area (Å²) in [5, 5.41) is 6.31. The average molecular weight is 448 g/mol. The Hall–Kier alpha value is -3.94. The van der Waals surface area contributed by atoms with Crippen molar-refractivity contribution in [2.75, 3.05) is 50.6 Å². The number of hydrogen-bond acceptors (Lipinski definition) is 5. The molecule has 1 aliphatic rings. The number of carbonyl (C=O) groups excluding carboxylic acids is 1. The van der Waals surface area contributed by atoms with Crippen LogP contribution in [0.2, 0.25) is 0 Å². The van der Waals surface area contributed by atoms with E-state index in [1.165, 1.54) is 12.0 Å². The van der Waals surface area contributed by atoms with Crippen LogP contribution in [0.15, 0.2) is 76.3 Å². The Bertz CT molecular complexity index is 1070. The molecule has 2 aromatic carbocycles. The number of anilines is 2. The Labute approximate surface area is 193 Å². The van der Waals surface area contributed by atoms with E-state index in [1.807, 2.05) is 36.4 Å². The summed E-state index contributed by atoms with van der Waals surface area (Å²) in [6, 6.07) is 19.3. The maximum absolute atomic E-state index is 12.2. The molecule has 3 aromatic rings. The number of hydrogen-bond donors (Lipinski definition) is 2. The molecule has 33 heavy (non-hydrogen) atoms. The van der Waals surface area contributed by atoms with Crippen molar-refractivity contribution in [3.05, 3.63) is 78.3 Å². The highest BCUT2D eigenvalue weighted by Crippen LogP contribution is 2.20. The third kappa shape index (κ3) is 5.65. The fraction of sp³-hybridized carbons (Fsp3) is 0.280. The number of piperazine rings is 1. The molecule has 1 saturated heterocycles. The number of amides is 1. The largest absolute Gasteiger partial charge is 0.497 e. The van der Waals surface area contributed by atoms with Gasteiger partial charge in [0.05, 0.1) is 13.4 Å². The first-order valence-corrected chi connectivity index (χ1v) is 10.9. The van der Waals surface area contributed by atoms with Crippen LogP contribution in [0.1, 0.15) is 16.1 Å². The summed E-state index contributed by atoms with van der Waals surface area (Å²) < 4.78 is 10.4. The molecular formula is C25H29N5O3. The molecule has 172 valence electrons. The van der Waals surface area contributed by atoms with Crippen molar-refractivity contribution in [1.29, 1.82) is 0 Å². The minimum absolute atomic E-state index is 0.268. The van der Waals surface area contributed by atoms with Crippen molar-refractivity contribution in [2.45, 2.75) is 6.54 Å². The predicted octanol–water partition coefficient (Wildman–Crippen LogP) is 3.44. The van der Waals surface area contributed by atoms with Gasteiger partial charge in [-0.25, -0.2) is 0 Å². The maximum atomic E-state index is 12.2. The lowest BCUT2D eigenvalue weighted by molar-refractivity contribution is 0.0996. The van der Waals surface area contributed by atoms with Gasteiger partial charge in [-0.2, -0.15) is 0 Å². The highest BCUT2D eigenvalue weighted by atomic mass is 16.5. The zero-order chi connectivity index (χ0) is 23.0. The van der Waals surface area contributed by atoms with Crippen LogP contribution in [-0.2, 0) is 6.54 Å². The summed E-state index contributed by atoms with van der Waals surface area (Å²) in [5.74, 6) is 1.75. The number of aliphatic imine (C=N–C) groups is 1. The third-order valence-corrected chi connectivity index (χ3v) is 5.61. The number of nitrogens with one attached hydrogen (secondary N) is 2. The molecule has 8 nitrogen and oxygen atoms in total. The molecule has 2 N–H and O–H groups in total. The number of carbonyl (C=O) groups is 1. The van der Waals surface area contributed by atoms with E-state index < -0.39 is 0 Å². The van der Waals surface area contributed by atoms with Gasteiger partial charge in [-0.05, 0) is 54.1 Å². The first-order chi connectivity index (χ1) is 16.2. The van der Waals surface area contributed by atoms with E-state index in [4.69, 9.17) is 9.15 Å². The number of nitrogens with zero attached hydrogens (tertiary/aromatic N) is 3. The Morgan fingerprint density at radius 1 is 1.06 bits per heavy atom. The molecule has 0 aliphatic carbocycles. The van der Waals surface area contributed by atoms with Crippen molar-refractivity contribution in [1.82, 2.24) is 10.2 Å². The predicted molar refractivity (Wildman–Crippen MR) is 130 cm³/mol. The number of benzene rings is 2. The second-order valence-electron chi connectivity index (χ2n) is 7.70. The Morgan fingerprint density at radius 2 is 1.85 bits per heavy atom. The van der Waals surface area contributed by atoms with Gasteiger partial charge in [-0.1, -0.05) is 12.1 Å². The molecule has 0 bridgehead atoms. The molecule has 1 fully saturated rings. The van der Waals surface area contributed by atoms with Gasteiger partial charge >= 0.3 is 0 Å². The van der Waals surface area contributed by atoms with E-state index in [2.05, 4.69) is 37.6 Å². The van der Waals surface area contributed by atoms with E-state index >= 15 is 0 Å². The topological polar surface area (TPSA) is 82.3 Å². The van der Waals surface area contributed by atoms with E-state index in [0.717, 1.165) is 49.1 Å². The Balaban J connectivity index is 1.29. The van der Waals surface area contributed by atoms with Gasteiger partial charge in [0.2, 0.25) is 0 Å². The lowest BCUT2D eigenvalue weighted by Gasteiger charge is -2.37. The zero-order valence-electron chi connectivity index (χ0n) is 19.0. The van der Waals surface area contributed by atoms with Crippen molar-refractivity contribution in [3.63, 3.8) is 0 Å². The van der Waals surface area contributed by atoms with Crippen molar-refractivity contribution < 1.29 is 13.9 Å². The molecule has 0 atom stereocenters. The van der Waals surface area contributed by atoms with Crippen LogP contribution >= 0.6 is 0 Å². The molecule has 4 rings (SSSR count). The lowest BCUT2D eigenvalue weighted by Crippen LogP contribution is -2.52. The molecule has 0 unspecified atom stereocenters. The second-order valence-corrected chi connectivity index (χ2v) is 7.70. The zero-order valence-corrected chi connectivity index (χ0v) is 19.0. The van der Waals surface area contributed by atoms with Gasteiger partial charge < -0.3 is 29.6 Å². The lowest BCUT2D eigenvalue weighted by atomic mass is 10.2. The van der Waals surface area contributed by atoms with Crippen molar-refractivity contribution in [2.24, 2.45) is 4.99 Å². The standard InChI is InChI=1S/C25H29N5O3/c1-26-25(30-14-12-29(13-15-30)21-8-10-22(32-2)11-9-21)27-18-19-5-3-6-20(17-19)28-24(31)23-7-4-16-33-23/h3-11,16-17H,12-15,18H2,1-2H3,(H,26,27)(H,28,31). The summed E-state index contributed by atoms with van der Waals surface area (Å²) in [7, 11) is 3.48. The van der Waals surface area contributed by atoms with Crippen LogP contribution < -0.4 is 20.3 Å². The van der Waals surface area contributed by atoms with E-state index in [9.17, 15) is 4.79 Å². The minimum Gasteiger partial charge on any atom is -0.497 e. The molecule has 1 aliphatic heterocycles. The number of methoxy groups -OCH3 is 1. The molecule has 0 radical (unpaired) electrons. The fourth-order valence-electron chi connectivity index (χ4n) is 3.84. The number of ether oxygens (including phenoxy) is 1. The summed E-state index contributed by atoms with van der Waals surface area (Å²) in [6.07, 6.45) is 1.48. The summed E-state index contributed by atoms with van der Waals surface area (Å²) in [5.41, 5.74) is 2.97. The van der Waals surface area contributed by atoms with Crippen LogP contribution in [-0.4, -0.2) is 57.1 Å². The highest BCUT2D eigenvalue weighted by molar-refractivity contribution is 6.02. The van der Waals surface area contributed by atoms with Gasteiger partial charge in [-0.3, -0.25) is 9.79 Å². The number of furan rings is 1. The average Bonchev–Trinajstić information content (AvgIpc) is 3.41. The normalized spacial score (nSPS) is 14.2. The summed E-state index contributed by atoms with van der Waals surface area (Å²) >= 11 is 0. The van der Waals surface area contributed by atoms with E-state index in [1.54, 1.807) is 26.3 Å². The smallest absolute Gasteiger partial charge is 0.291 e. The highest BCUT2D eigenvalue weighted by Gasteiger charge is 2.20. The summed E-state index contributed by atoms with van der Waals surface area (Å²) in [4.78, 5) is 21.3. The van der Waals surface area contributed by atoms with Gasteiger partial charge in [0.15, 0.2) is 11.7 Å². The number of rotatable bonds is 6. The molecule has 2 heterocycles. The molecule has 1 aromatic heterocycles. The first-order valence-electron chi connectivity index (χ1n) is 10.9. The molecule has 0 spiro atoms. The Kier molecular flexibility index (Phi) is 7.14. The van der Waals surface area contributed by atoms with E-state index in [0.29, 0.717) is 6.54 Å². The molecular weight excluding hydrogens is 418 g/mol. The van der Waals surface area contributed by atoms with E-state index in [-0.39, 0.29) is 11.7 Å². The van der Waals surface area contributed by atoms with Crippen LogP contribution in [0, 0.1) is 0 Å². The van der Waals surface area contributed by atoms with Crippen LogP contribution in [0.3, 0.4) is 0 Å². The van der Waals surface area contributed by atoms with Gasteiger partial charge in [0, 0.05) is 51.1 Å². The minimum atomic E-state index is -0.268. The van der Waals surface area contributed by atoms with Crippen molar-refractivity contribution in [3.8, 4) is 5.75 Å². The van der Waals surface area contributed by atoms with Gasteiger partial charge in [0.25, 0.3) is 5.91 Å². The van der Waals surface area contributed by atoms with Gasteiger partial charge in [0.1, 0.15) is 5.75 Å². The third-order valence-electron chi connectivity index (χ3n) is 5.61.